The summed E-state index contributed by atoms with van der Waals surface area (Å²) in [6.45, 7) is 3.34. The second-order valence-corrected chi connectivity index (χ2v) is 6.12. The van der Waals surface area contributed by atoms with E-state index in [0.29, 0.717) is 36.7 Å². The molecular weight excluding hydrogens is 358 g/mol. The number of nitrogens with zero attached hydrogens (tertiary/aromatic N) is 1. The van der Waals surface area contributed by atoms with Crippen LogP contribution in [0.25, 0.3) is 10.9 Å². The number of esters is 1. The van der Waals surface area contributed by atoms with Gasteiger partial charge >= 0.3 is 12.0 Å². The summed E-state index contributed by atoms with van der Waals surface area (Å²) in [4.78, 5) is 24.1. The highest BCUT2D eigenvalue weighted by molar-refractivity contribution is 6.06. The lowest BCUT2D eigenvalue weighted by Gasteiger charge is -2.08. The van der Waals surface area contributed by atoms with Gasteiger partial charge in [0.05, 0.1) is 30.0 Å². The van der Waals surface area contributed by atoms with Crippen LogP contribution in [-0.2, 0) is 16.0 Å². The van der Waals surface area contributed by atoms with Gasteiger partial charge in [0.15, 0.2) is 0 Å². The van der Waals surface area contributed by atoms with Gasteiger partial charge in [0, 0.05) is 30.9 Å². The van der Waals surface area contributed by atoms with Crippen LogP contribution >= 0.6 is 0 Å². The molecule has 2 N–H and O–H groups in total. The van der Waals surface area contributed by atoms with Crippen molar-refractivity contribution in [3.05, 3.63) is 60.3 Å². The molecule has 2 amide bonds. The SMILES string of the molecule is CCOC(=O)c1ccc(NC(=O)Nc2cn(CCOC)c3ccccc23)cc1. The van der Waals surface area contributed by atoms with Crippen molar-refractivity contribution < 1.29 is 19.1 Å². The standard InChI is InChI=1S/C21H23N3O4/c1-3-28-20(25)15-8-10-16(11-9-15)22-21(26)23-18-14-24(12-13-27-2)19-7-5-4-6-17(18)19/h4-11,14H,3,12-13H2,1-2H3,(H2,22,23,26). The van der Waals surface area contributed by atoms with Gasteiger partial charge in [0.2, 0.25) is 0 Å². The minimum atomic E-state index is -0.387. The molecule has 7 heteroatoms. The van der Waals surface area contributed by atoms with Crippen molar-refractivity contribution in [2.75, 3.05) is 31.0 Å². The molecule has 0 radical (unpaired) electrons. The van der Waals surface area contributed by atoms with E-state index in [1.54, 1.807) is 38.3 Å². The molecule has 146 valence electrons. The molecule has 0 aliphatic heterocycles. The molecule has 0 atom stereocenters. The van der Waals surface area contributed by atoms with Crippen LogP contribution in [0.5, 0.6) is 0 Å². The van der Waals surface area contributed by atoms with Gasteiger partial charge in [-0.3, -0.25) is 0 Å². The highest BCUT2D eigenvalue weighted by Crippen LogP contribution is 2.26. The summed E-state index contributed by atoms with van der Waals surface area (Å²) in [5.74, 6) is -0.387. The van der Waals surface area contributed by atoms with Crippen LogP contribution in [0.2, 0.25) is 0 Å². The molecule has 3 rings (SSSR count). The maximum Gasteiger partial charge on any atom is 0.338 e. The Labute approximate surface area is 163 Å². The number of amides is 2. The van der Waals surface area contributed by atoms with Crippen molar-refractivity contribution in [3.63, 3.8) is 0 Å². The highest BCUT2D eigenvalue weighted by Gasteiger charge is 2.11. The maximum absolute atomic E-state index is 12.4. The van der Waals surface area contributed by atoms with Gasteiger partial charge in [-0.2, -0.15) is 0 Å². The number of benzene rings is 2. The van der Waals surface area contributed by atoms with Crippen molar-refractivity contribution in [1.29, 1.82) is 0 Å². The summed E-state index contributed by atoms with van der Waals surface area (Å²) in [6.07, 6.45) is 1.90. The Morgan fingerprint density at radius 3 is 2.50 bits per heavy atom. The number of fused-ring (bicyclic) bond motifs is 1. The Morgan fingerprint density at radius 1 is 1.04 bits per heavy atom. The lowest BCUT2D eigenvalue weighted by Crippen LogP contribution is -2.19. The predicted octanol–water partition coefficient (Wildman–Crippen LogP) is 4.11. The molecule has 1 heterocycles. The minimum absolute atomic E-state index is 0.319. The Bertz CT molecular complexity index is 963. The molecule has 7 nitrogen and oxygen atoms in total. The van der Waals surface area contributed by atoms with E-state index in [1.165, 1.54) is 0 Å². The minimum Gasteiger partial charge on any atom is -0.462 e. The van der Waals surface area contributed by atoms with E-state index < -0.39 is 0 Å². The third kappa shape index (κ3) is 4.50. The molecule has 0 aliphatic carbocycles. The number of carbonyl (C=O) groups excluding carboxylic acids is 2. The molecule has 0 saturated heterocycles. The van der Waals surface area contributed by atoms with Gasteiger partial charge < -0.3 is 24.7 Å². The van der Waals surface area contributed by atoms with E-state index in [1.807, 2.05) is 35.0 Å². The van der Waals surface area contributed by atoms with Crippen LogP contribution in [0.1, 0.15) is 17.3 Å². The molecule has 1 aromatic heterocycles. The van der Waals surface area contributed by atoms with Crippen molar-refractivity contribution in [1.82, 2.24) is 4.57 Å². The Hall–Kier alpha value is -3.32. The molecule has 28 heavy (non-hydrogen) atoms. The summed E-state index contributed by atoms with van der Waals surface area (Å²) in [5, 5.41) is 6.60. The molecular formula is C21H23N3O4. The van der Waals surface area contributed by atoms with Gasteiger partial charge in [-0.1, -0.05) is 18.2 Å². The molecule has 0 aliphatic rings. The predicted molar refractivity (Wildman–Crippen MR) is 109 cm³/mol. The van der Waals surface area contributed by atoms with Crippen molar-refractivity contribution in [2.24, 2.45) is 0 Å². The lowest BCUT2D eigenvalue weighted by molar-refractivity contribution is 0.0526. The first-order chi connectivity index (χ1) is 13.6. The third-order valence-corrected chi connectivity index (χ3v) is 4.23. The zero-order valence-electron chi connectivity index (χ0n) is 15.9. The van der Waals surface area contributed by atoms with Gasteiger partial charge in [0.1, 0.15) is 0 Å². The number of rotatable bonds is 7. The number of para-hydroxylation sites is 1. The van der Waals surface area contributed by atoms with Crippen molar-refractivity contribution in [2.45, 2.75) is 13.5 Å². The normalized spacial score (nSPS) is 10.6. The summed E-state index contributed by atoms with van der Waals surface area (Å²) < 4.78 is 12.1. The fourth-order valence-corrected chi connectivity index (χ4v) is 2.91. The van der Waals surface area contributed by atoms with E-state index in [9.17, 15) is 9.59 Å². The second-order valence-electron chi connectivity index (χ2n) is 6.12. The molecule has 0 unspecified atom stereocenters. The van der Waals surface area contributed by atoms with Gasteiger partial charge in [-0.05, 0) is 37.3 Å². The Balaban J connectivity index is 1.70. The lowest BCUT2D eigenvalue weighted by atomic mass is 10.2. The van der Waals surface area contributed by atoms with Crippen LogP contribution < -0.4 is 10.6 Å². The smallest absolute Gasteiger partial charge is 0.338 e. The number of methoxy groups -OCH3 is 1. The Morgan fingerprint density at radius 2 is 1.79 bits per heavy atom. The summed E-state index contributed by atoms with van der Waals surface area (Å²) >= 11 is 0. The van der Waals surface area contributed by atoms with Crippen LogP contribution in [0.3, 0.4) is 0 Å². The first-order valence-electron chi connectivity index (χ1n) is 9.04. The first-order valence-corrected chi connectivity index (χ1v) is 9.04. The number of hydrogen-bond donors (Lipinski definition) is 2. The number of ether oxygens (including phenoxy) is 2. The monoisotopic (exact) mass is 381 g/mol. The number of urea groups is 1. The number of nitrogens with one attached hydrogen (secondary N) is 2. The van der Waals surface area contributed by atoms with E-state index in [4.69, 9.17) is 9.47 Å². The summed E-state index contributed by atoms with van der Waals surface area (Å²) in [6, 6.07) is 14.0. The first kappa shape index (κ1) is 19.4. The van der Waals surface area contributed by atoms with Crippen LogP contribution in [0, 0.1) is 0 Å². The summed E-state index contributed by atoms with van der Waals surface area (Å²) in [5.41, 5.74) is 2.75. The highest BCUT2D eigenvalue weighted by atomic mass is 16.5. The van der Waals surface area contributed by atoms with Crippen molar-refractivity contribution in [3.8, 4) is 0 Å². The molecule has 3 aromatic rings. The largest absolute Gasteiger partial charge is 0.462 e. The summed E-state index contributed by atoms with van der Waals surface area (Å²) in [7, 11) is 1.66. The topological polar surface area (TPSA) is 81.6 Å². The van der Waals surface area contributed by atoms with Gasteiger partial charge in [-0.15, -0.1) is 0 Å². The van der Waals surface area contributed by atoms with Crippen LogP contribution in [0.4, 0.5) is 16.2 Å². The second kappa shape index (κ2) is 9.05. The fraction of sp³-hybridized carbons (Fsp3) is 0.238. The maximum atomic E-state index is 12.4. The fourth-order valence-electron chi connectivity index (χ4n) is 2.91. The Kier molecular flexibility index (Phi) is 6.29. The number of hydrogen-bond acceptors (Lipinski definition) is 4. The molecule has 0 bridgehead atoms. The molecule has 2 aromatic carbocycles. The average Bonchev–Trinajstić information content (AvgIpc) is 3.04. The zero-order valence-corrected chi connectivity index (χ0v) is 15.9. The van der Waals surface area contributed by atoms with E-state index in [0.717, 1.165) is 10.9 Å². The molecule has 0 saturated carbocycles. The number of aromatic nitrogens is 1. The van der Waals surface area contributed by atoms with Gasteiger partial charge in [0.25, 0.3) is 0 Å². The van der Waals surface area contributed by atoms with E-state index >= 15 is 0 Å². The van der Waals surface area contributed by atoms with Crippen LogP contribution in [0.15, 0.2) is 54.7 Å². The number of anilines is 2. The average molecular weight is 381 g/mol. The number of carbonyl (C=O) groups is 2. The molecule has 0 spiro atoms. The van der Waals surface area contributed by atoms with Crippen LogP contribution in [-0.4, -0.2) is 36.9 Å². The molecule has 0 fully saturated rings. The third-order valence-electron chi connectivity index (χ3n) is 4.23. The zero-order chi connectivity index (χ0) is 19.9. The van der Waals surface area contributed by atoms with E-state index in [2.05, 4.69) is 10.6 Å². The van der Waals surface area contributed by atoms with E-state index in [-0.39, 0.29) is 12.0 Å². The van der Waals surface area contributed by atoms with Crippen molar-refractivity contribution >= 4 is 34.3 Å². The van der Waals surface area contributed by atoms with Gasteiger partial charge in [-0.25, -0.2) is 9.59 Å². The quantitative estimate of drug-likeness (QED) is 0.604.